The molecule has 2 aliphatic carbocycles. The van der Waals surface area contributed by atoms with Gasteiger partial charge in [0.25, 0.3) is 0 Å². The standard InChI is InChI=1S/2C17H21FN6O4S/c2*1-10-3-6-14(28-10)16(25)22-23-17(21-13-4-5-13)24-29(26,27)11(2)7-15-19-8-12(18)9-20-15/h2*3,6,8-9,11,13H,4-5,7H2,1-2H3,(H,22,25)(H2,21,23,24)/t2*11-/m10/s1. The number of hydrazine groups is 2. The number of furan rings is 2. The molecule has 2 atom stereocenters. The highest BCUT2D eigenvalue weighted by molar-refractivity contribution is 7.90. The third-order valence-corrected chi connectivity index (χ3v) is 11.5. The van der Waals surface area contributed by atoms with Crippen LogP contribution in [0.4, 0.5) is 8.78 Å². The Morgan fingerprint density at radius 3 is 1.29 bits per heavy atom. The third-order valence-electron chi connectivity index (χ3n) is 8.06. The second-order valence-corrected chi connectivity index (χ2v) is 17.6. The number of carbonyl (C=O) groups excluding carboxylic acids is 2. The van der Waals surface area contributed by atoms with Crippen LogP contribution in [0.5, 0.6) is 0 Å². The van der Waals surface area contributed by atoms with Crippen molar-refractivity contribution >= 4 is 43.8 Å². The molecule has 2 saturated carbocycles. The minimum atomic E-state index is -3.89. The van der Waals surface area contributed by atoms with Crippen molar-refractivity contribution in [2.45, 2.75) is 88.8 Å². The van der Waals surface area contributed by atoms with Gasteiger partial charge in [-0.2, -0.15) is 0 Å². The summed E-state index contributed by atoms with van der Waals surface area (Å²) in [4.78, 5) is 47.7. The number of amides is 2. The molecule has 4 aromatic rings. The molecule has 6 rings (SSSR count). The average molecular weight is 849 g/mol. The fourth-order valence-electron chi connectivity index (χ4n) is 4.50. The van der Waals surface area contributed by atoms with Crippen molar-refractivity contribution in [1.29, 1.82) is 0 Å². The first-order valence-electron chi connectivity index (χ1n) is 17.8. The summed E-state index contributed by atoms with van der Waals surface area (Å²) in [5, 5.41) is -1.86. The fourth-order valence-corrected chi connectivity index (χ4v) is 6.39. The van der Waals surface area contributed by atoms with Gasteiger partial charge in [-0.1, -0.05) is 0 Å². The molecule has 0 saturated heterocycles. The van der Waals surface area contributed by atoms with Gasteiger partial charge in [-0.05, 0) is 77.6 Å². The van der Waals surface area contributed by atoms with Crippen LogP contribution in [-0.4, -0.2) is 83.1 Å². The van der Waals surface area contributed by atoms with Crippen molar-refractivity contribution in [3.05, 3.63) is 95.4 Å². The van der Waals surface area contributed by atoms with Crippen molar-refractivity contribution in [3.8, 4) is 0 Å². The van der Waals surface area contributed by atoms with Gasteiger partial charge < -0.3 is 8.83 Å². The van der Waals surface area contributed by atoms with Crippen LogP contribution in [0.3, 0.4) is 0 Å². The highest BCUT2D eigenvalue weighted by Crippen LogP contribution is 2.24. The first-order chi connectivity index (χ1) is 27.5. The summed E-state index contributed by atoms with van der Waals surface area (Å²) < 4.78 is 91.5. The molecule has 20 nitrogen and oxygen atoms in total. The zero-order valence-electron chi connectivity index (χ0n) is 31.7. The molecule has 4 heterocycles. The lowest BCUT2D eigenvalue weighted by Crippen LogP contribution is -2.51. The molecule has 312 valence electrons. The van der Waals surface area contributed by atoms with Crippen LogP contribution in [-0.2, 0) is 32.9 Å². The molecule has 0 radical (unpaired) electrons. The van der Waals surface area contributed by atoms with Gasteiger partial charge in [-0.3, -0.25) is 40.7 Å². The van der Waals surface area contributed by atoms with E-state index in [2.05, 4.69) is 61.1 Å². The number of sulfonamides is 2. The van der Waals surface area contributed by atoms with Crippen molar-refractivity contribution in [2.24, 2.45) is 9.98 Å². The number of nitrogens with zero attached hydrogens (tertiary/aromatic N) is 6. The number of rotatable bonds is 12. The maximum Gasteiger partial charge on any atom is 0.305 e. The van der Waals surface area contributed by atoms with Crippen molar-refractivity contribution in [2.75, 3.05) is 0 Å². The lowest BCUT2D eigenvalue weighted by Gasteiger charge is -2.17. The topological polar surface area (TPSA) is 277 Å². The second kappa shape index (κ2) is 18.9. The van der Waals surface area contributed by atoms with E-state index in [1.54, 1.807) is 26.0 Å². The summed E-state index contributed by atoms with van der Waals surface area (Å²) in [7, 11) is -7.77. The Bertz CT molecular complexity index is 2170. The van der Waals surface area contributed by atoms with E-state index in [1.165, 1.54) is 26.0 Å². The highest BCUT2D eigenvalue weighted by atomic mass is 32.2. The lowest BCUT2D eigenvalue weighted by molar-refractivity contribution is 0.0907. The minimum absolute atomic E-state index is 0.0151. The maximum atomic E-state index is 12.9. The summed E-state index contributed by atoms with van der Waals surface area (Å²) >= 11 is 0. The van der Waals surface area contributed by atoms with Gasteiger partial charge in [0.1, 0.15) is 23.2 Å². The molecule has 6 N–H and O–H groups in total. The average Bonchev–Trinajstić information content (AvgIpc) is 4.09. The smallest absolute Gasteiger partial charge is 0.305 e. The van der Waals surface area contributed by atoms with Crippen molar-refractivity contribution in [1.82, 2.24) is 51.1 Å². The van der Waals surface area contributed by atoms with E-state index in [0.717, 1.165) is 50.5 Å². The number of hydrogen-bond acceptors (Lipinski definition) is 14. The molecular weight excluding hydrogens is 807 g/mol. The van der Waals surface area contributed by atoms with E-state index in [1.807, 2.05) is 0 Å². The molecule has 2 aliphatic rings. The van der Waals surface area contributed by atoms with Gasteiger partial charge in [-0.25, -0.2) is 55.5 Å². The predicted octanol–water partition coefficient (Wildman–Crippen LogP) is 1.64. The quantitative estimate of drug-likeness (QED) is 0.0672. The van der Waals surface area contributed by atoms with Gasteiger partial charge in [0.05, 0.1) is 47.4 Å². The van der Waals surface area contributed by atoms with E-state index in [0.29, 0.717) is 11.5 Å². The van der Waals surface area contributed by atoms with E-state index < -0.39 is 54.0 Å². The Morgan fingerprint density at radius 1 is 0.655 bits per heavy atom. The van der Waals surface area contributed by atoms with Crippen LogP contribution in [0, 0.1) is 25.5 Å². The number of guanidine groups is 2. The van der Waals surface area contributed by atoms with E-state index in [4.69, 9.17) is 8.83 Å². The normalized spacial score (nSPS) is 15.6. The van der Waals surface area contributed by atoms with Gasteiger partial charge in [0, 0.05) is 12.8 Å². The first kappa shape index (κ1) is 43.1. The van der Waals surface area contributed by atoms with Crippen molar-refractivity contribution in [3.63, 3.8) is 0 Å². The summed E-state index contributed by atoms with van der Waals surface area (Å²) in [6.07, 6.45) is 7.17. The number of carbonyl (C=O) groups is 2. The summed E-state index contributed by atoms with van der Waals surface area (Å²) in [6.45, 7) is 6.33. The van der Waals surface area contributed by atoms with Crippen LogP contribution in [0.15, 0.2) is 67.9 Å². The molecule has 0 unspecified atom stereocenters. The van der Waals surface area contributed by atoms with Crippen molar-refractivity contribution < 1.29 is 44.0 Å². The SMILES string of the molecule is Cc1ccc(C(=O)NNC(=NC2CC2)NS(=O)(=O)[C@@H](C)Cc2ncc(F)cn2)o1.Cc1ccc(C(=O)NNC(=NC2CC2)NS(=O)(=O)[C@H](C)Cc2ncc(F)cn2)o1. The van der Waals surface area contributed by atoms with Gasteiger partial charge in [-0.15, -0.1) is 0 Å². The number of nitrogens with one attached hydrogen (secondary N) is 6. The van der Waals surface area contributed by atoms with Gasteiger partial charge in [0.15, 0.2) is 23.2 Å². The zero-order valence-corrected chi connectivity index (χ0v) is 33.3. The van der Waals surface area contributed by atoms with Gasteiger partial charge >= 0.3 is 11.8 Å². The Balaban J connectivity index is 0.000000221. The Labute approximate surface area is 332 Å². The lowest BCUT2D eigenvalue weighted by atomic mass is 10.3. The maximum absolute atomic E-state index is 12.9. The predicted molar refractivity (Wildman–Crippen MR) is 203 cm³/mol. The molecule has 0 aromatic carbocycles. The highest BCUT2D eigenvalue weighted by Gasteiger charge is 2.29. The molecule has 4 aromatic heterocycles. The second-order valence-electron chi connectivity index (χ2n) is 13.4. The molecule has 0 aliphatic heterocycles. The molecule has 24 heteroatoms. The van der Waals surface area contributed by atoms with Crippen LogP contribution in [0.1, 0.15) is 83.8 Å². The van der Waals surface area contributed by atoms with E-state index >= 15 is 0 Å². The molecule has 2 fully saturated rings. The largest absolute Gasteiger partial charge is 0.456 e. The number of aliphatic imine (C=N–C) groups is 2. The molecular formula is C34H42F2N12O8S2. The number of aryl methyl sites for hydroxylation is 2. The van der Waals surface area contributed by atoms with Crippen LogP contribution < -0.4 is 31.1 Å². The summed E-state index contributed by atoms with van der Waals surface area (Å²) in [5.74, 6) is -0.885. The molecule has 2 amide bonds. The first-order valence-corrected chi connectivity index (χ1v) is 20.9. The molecule has 0 spiro atoms. The number of hydrogen-bond donors (Lipinski definition) is 6. The van der Waals surface area contributed by atoms with Crippen LogP contribution in [0.25, 0.3) is 0 Å². The minimum Gasteiger partial charge on any atom is -0.456 e. The summed E-state index contributed by atoms with van der Waals surface area (Å²) in [6, 6.07) is 6.24. The fraction of sp³-hybridized carbons (Fsp3) is 0.412. The Morgan fingerprint density at radius 2 is 1.00 bits per heavy atom. The Kier molecular flexibility index (Phi) is 14.1. The van der Waals surface area contributed by atoms with Crippen LogP contribution >= 0.6 is 0 Å². The number of aromatic nitrogens is 4. The third kappa shape index (κ3) is 13.6. The monoisotopic (exact) mass is 848 g/mol. The summed E-state index contributed by atoms with van der Waals surface area (Å²) in [5.41, 5.74) is 9.71. The molecule has 0 bridgehead atoms. The van der Waals surface area contributed by atoms with Gasteiger partial charge in [0.2, 0.25) is 32.0 Å². The van der Waals surface area contributed by atoms with E-state index in [-0.39, 0.29) is 60.0 Å². The number of halogens is 2. The zero-order chi connectivity index (χ0) is 42.0. The van der Waals surface area contributed by atoms with E-state index in [9.17, 15) is 35.2 Å². The Hall–Kier alpha value is -6.04. The van der Waals surface area contributed by atoms with Crippen LogP contribution in [0.2, 0.25) is 0 Å². The molecule has 58 heavy (non-hydrogen) atoms.